The Hall–Kier alpha value is -1.56. The molecule has 0 fully saturated rings. The van der Waals surface area contributed by atoms with Gasteiger partial charge in [0.1, 0.15) is 10.3 Å². The first-order chi connectivity index (χ1) is 8.32. The number of aromatic nitrogens is 2. The molecule has 0 saturated carbocycles. The Morgan fingerprint density at radius 1 is 1.17 bits per heavy atom. The molecule has 0 bridgehead atoms. The molecular formula is C12H11F3N2S. The van der Waals surface area contributed by atoms with Gasteiger partial charge in [-0.3, -0.25) is 5.10 Å². The molecule has 2 nitrogen and oxygen atoms in total. The average molecular weight is 272 g/mol. The first kappa shape index (κ1) is 12.9. The number of aromatic amines is 1. The van der Waals surface area contributed by atoms with Gasteiger partial charge < -0.3 is 0 Å². The summed E-state index contributed by atoms with van der Waals surface area (Å²) >= 11 is 5.06. The van der Waals surface area contributed by atoms with E-state index in [0.29, 0.717) is 5.69 Å². The first-order valence-electron chi connectivity index (χ1n) is 5.27. The molecule has 0 aliphatic heterocycles. The zero-order chi connectivity index (χ0) is 13.5. The Kier molecular flexibility index (Phi) is 3.06. The molecular weight excluding hydrogens is 261 g/mol. The van der Waals surface area contributed by atoms with Crippen molar-refractivity contribution < 1.29 is 13.2 Å². The maximum absolute atomic E-state index is 12.8. The van der Waals surface area contributed by atoms with Gasteiger partial charge in [0, 0.05) is 5.56 Å². The van der Waals surface area contributed by atoms with Crippen LogP contribution in [0, 0.1) is 18.5 Å². The van der Waals surface area contributed by atoms with E-state index in [1.54, 1.807) is 12.1 Å². The van der Waals surface area contributed by atoms with Crippen LogP contribution >= 0.6 is 12.2 Å². The van der Waals surface area contributed by atoms with Crippen molar-refractivity contribution >= 4 is 12.2 Å². The number of para-hydroxylation sites is 1. The van der Waals surface area contributed by atoms with Gasteiger partial charge in [-0.05, 0) is 25.5 Å². The summed E-state index contributed by atoms with van der Waals surface area (Å²) in [6.45, 7) is 3.19. The van der Waals surface area contributed by atoms with E-state index in [1.807, 2.05) is 19.1 Å². The second kappa shape index (κ2) is 4.28. The average Bonchev–Trinajstić information content (AvgIpc) is 2.57. The van der Waals surface area contributed by atoms with Gasteiger partial charge >= 0.3 is 6.18 Å². The number of hydrogen-bond donors (Lipinski definition) is 1. The summed E-state index contributed by atoms with van der Waals surface area (Å²) in [5, 5.41) is 2.33. The van der Waals surface area contributed by atoms with Crippen LogP contribution in [-0.4, -0.2) is 9.78 Å². The minimum absolute atomic E-state index is 0.0424. The maximum atomic E-state index is 12.8. The Morgan fingerprint density at radius 2 is 1.78 bits per heavy atom. The Balaban J connectivity index is 2.69. The molecule has 0 saturated heterocycles. The quantitative estimate of drug-likeness (QED) is 0.773. The normalized spacial score (nSPS) is 11.8. The topological polar surface area (TPSA) is 20.7 Å². The molecule has 6 heteroatoms. The number of H-pyrrole nitrogens is 1. The Labute approximate surface area is 107 Å². The highest BCUT2D eigenvalue weighted by atomic mass is 32.1. The summed E-state index contributed by atoms with van der Waals surface area (Å²) in [7, 11) is 0. The van der Waals surface area contributed by atoms with Crippen molar-refractivity contribution in [2.75, 3.05) is 0 Å². The summed E-state index contributed by atoms with van der Waals surface area (Å²) in [5.41, 5.74) is 0.723. The molecule has 18 heavy (non-hydrogen) atoms. The number of halogens is 3. The van der Waals surface area contributed by atoms with Gasteiger partial charge in [0.25, 0.3) is 0 Å². The fourth-order valence-corrected chi connectivity index (χ4v) is 2.03. The molecule has 0 unspecified atom stereocenters. The second-order valence-corrected chi connectivity index (χ2v) is 4.42. The molecule has 1 N–H and O–H groups in total. The molecule has 0 amide bonds. The van der Waals surface area contributed by atoms with Gasteiger partial charge in [0.15, 0.2) is 0 Å². The first-order valence-corrected chi connectivity index (χ1v) is 5.68. The van der Waals surface area contributed by atoms with Crippen LogP contribution in [0.5, 0.6) is 0 Å². The molecule has 0 aliphatic rings. The van der Waals surface area contributed by atoms with Crippen molar-refractivity contribution in [1.82, 2.24) is 9.78 Å². The predicted molar refractivity (Wildman–Crippen MR) is 65.4 cm³/mol. The largest absolute Gasteiger partial charge is 0.433 e. The molecule has 1 aromatic heterocycles. The van der Waals surface area contributed by atoms with Crippen LogP contribution in [0.3, 0.4) is 0 Å². The van der Waals surface area contributed by atoms with Gasteiger partial charge in [-0.25, -0.2) is 4.68 Å². The smallest absolute Gasteiger partial charge is 0.288 e. The van der Waals surface area contributed by atoms with Crippen molar-refractivity contribution in [1.29, 1.82) is 0 Å². The second-order valence-electron chi connectivity index (χ2n) is 4.04. The third kappa shape index (κ3) is 2.08. The minimum Gasteiger partial charge on any atom is -0.288 e. The molecule has 2 aromatic rings. The van der Waals surface area contributed by atoms with E-state index >= 15 is 0 Å². The van der Waals surface area contributed by atoms with Crippen LogP contribution in [0.25, 0.3) is 5.69 Å². The van der Waals surface area contributed by atoms with E-state index in [0.717, 1.165) is 5.56 Å². The lowest BCUT2D eigenvalue weighted by atomic mass is 10.2. The number of nitrogens with one attached hydrogen (secondary N) is 1. The summed E-state index contributed by atoms with van der Waals surface area (Å²) in [6.07, 6.45) is -4.43. The number of hydrogen-bond acceptors (Lipinski definition) is 1. The van der Waals surface area contributed by atoms with Gasteiger partial charge in [-0.15, -0.1) is 0 Å². The summed E-state index contributed by atoms with van der Waals surface area (Å²) < 4.78 is 39.7. The summed E-state index contributed by atoms with van der Waals surface area (Å²) in [4.78, 5) is 0. The highest BCUT2D eigenvalue weighted by Gasteiger charge is 2.35. The molecule has 1 heterocycles. The van der Waals surface area contributed by atoms with Crippen LogP contribution in [0.15, 0.2) is 24.3 Å². The third-order valence-corrected chi connectivity index (χ3v) is 3.25. The molecule has 0 spiro atoms. The van der Waals surface area contributed by atoms with E-state index in [1.165, 1.54) is 11.6 Å². The Bertz CT molecular complexity index is 638. The lowest BCUT2D eigenvalue weighted by Crippen LogP contribution is -2.08. The van der Waals surface area contributed by atoms with Crippen LogP contribution in [0.1, 0.15) is 16.8 Å². The molecule has 0 radical (unpaired) electrons. The van der Waals surface area contributed by atoms with E-state index in [4.69, 9.17) is 12.2 Å². The lowest BCUT2D eigenvalue weighted by Gasteiger charge is -2.07. The summed E-state index contributed by atoms with van der Waals surface area (Å²) in [5.74, 6) is 0. The molecule has 0 aliphatic carbocycles. The molecule has 2 rings (SSSR count). The van der Waals surface area contributed by atoms with Crippen LogP contribution < -0.4 is 0 Å². The van der Waals surface area contributed by atoms with Crippen LogP contribution in [0.2, 0.25) is 0 Å². The Morgan fingerprint density at radius 3 is 2.28 bits per heavy atom. The predicted octanol–water partition coefficient (Wildman–Crippen LogP) is 4.17. The van der Waals surface area contributed by atoms with Gasteiger partial charge in [-0.1, -0.05) is 30.4 Å². The van der Waals surface area contributed by atoms with E-state index in [2.05, 4.69) is 5.10 Å². The van der Waals surface area contributed by atoms with Crippen molar-refractivity contribution in [2.24, 2.45) is 0 Å². The van der Waals surface area contributed by atoms with Gasteiger partial charge in [0.2, 0.25) is 0 Å². The molecule has 96 valence electrons. The number of benzene rings is 1. The standard InChI is InChI=1S/C12H11F3N2S/c1-7-5-3-4-6-9(7)17-11(18)8(2)10(16-17)12(13,14)15/h3-6,16H,1-2H3. The van der Waals surface area contributed by atoms with Gasteiger partial charge in [-0.2, -0.15) is 13.2 Å². The SMILES string of the molecule is Cc1ccccc1-n1[nH]c(C(F)(F)F)c(C)c1=S. The van der Waals surface area contributed by atoms with Crippen LogP contribution in [0.4, 0.5) is 13.2 Å². The van der Waals surface area contributed by atoms with Crippen molar-refractivity contribution in [3.05, 3.63) is 45.7 Å². The highest BCUT2D eigenvalue weighted by Crippen LogP contribution is 2.32. The third-order valence-electron chi connectivity index (χ3n) is 2.76. The summed E-state index contributed by atoms with van der Waals surface area (Å²) in [6, 6.07) is 7.12. The fourth-order valence-electron chi connectivity index (χ4n) is 1.78. The fraction of sp³-hybridized carbons (Fsp3) is 0.250. The van der Waals surface area contributed by atoms with Crippen molar-refractivity contribution in [2.45, 2.75) is 20.0 Å². The van der Waals surface area contributed by atoms with E-state index < -0.39 is 11.9 Å². The molecule has 1 aromatic carbocycles. The monoisotopic (exact) mass is 272 g/mol. The van der Waals surface area contributed by atoms with E-state index in [9.17, 15) is 13.2 Å². The van der Waals surface area contributed by atoms with Crippen LogP contribution in [-0.2, 0) is 6.18 Å². The minimum atomic E-state index is -4.43. The molecule has 0 atom stereocenters. The number of rotatable bonds is 1. The zero-order valence-electron chi connectivity index (χ0n) is 9.80. The van der Waals surface area contributed by atoms with Crippen molar-refractivity contribution in [3.8, 4) is 5.69 Å². The van der Waals surface area contributed by atoms with E-state index in [-0.39, 0.29) is 10.2 Å². The zero-order valence-corrected chi connectivity index (χ0v) is 10.6. The number of aryl methyl sites for hydroxylation is 1. The van der Waals surface area contributed by atoms with Gasteiger partial charge in [0.05, 0.1) is 5.69 Å². The number of alkyl halides is 3. The lowest BCUT2D eigenvalue weighted by molar-refractivity contribution is -0.141. The van der Waals surface area contributed by atoms with Crippen molar-refractivity contribution in [3.63, 3.8) is 0 Å². The maximum Gasteiger partial charge on any atom is 0.433 e. The number of nitrogens with zero attached hydrogens (tertiary/aromatic N) is 1. The highest BCUT2D eigenvalue weighted by molar-refractivity contribution is 7.71.